The number of nitrogens with zero attached hydrogens (tertiary/aromatic N) is 2. The molecule has 1 unspecified atom stereocenters. The smallest absolute Gasteiger partial charge is 0.254 e. The van der Waals surface area contributed by atoms with E-state index in [4.69, 9.17) is 16.3 Å². The second-order valence-corrected chi connectivity index (χ2v) is 6.59. The van der Waals surface area contributed by atoms with Gasteiger partial charge < -0.3 is 19.6 Å². The summed E-state index contributed by atoms with van der Waals surface area (Å²) in [6.07, 6.45) is 0. The molecule has 1 N–H and O–H groups in total. The summed E-state index contributed by atoms with van der Waals surface area (Å²) in [5, 5.41) is 10.4. The zero-order chi connectivity index (χ0) is 18.8. The molecule has 2 aromatic carbocycles. The highest BCUT2D eigenvalue weighted by molar-refractivity contribution is 6.30. The molecule has 7 heteroatoms. The molecule has 2 amide bonds. The van der Waals surface area contributed by atoms with E-state index < -0.39 is 0 Å². The average molecular weight is 375 g/mol. The van der Waals surface area contributed by atoms with Crippen molar-refractivity contribution in [1.29, 1.82) is 0 Å². The lowest BCUT2D eigenvalue weighted by Gasteiger charge is -2.39. The third-order valence-electron chi connectivity index (χ3n) is 4.39. The number of hydrogen-bond donors (Lipinski definition) is 1. The van der Waals surface area contributed by atoms with Crippen molar-refractivity contribution in [2.24, 2.45) is 0 Å². The van der Waals surface area contributed by atoms with Gasteiger partial charge in [-0.1, -0.05) is 17.7 Å². The van der Waals surface area contributed by atoms with Crippen LogP contribution in [0.2, 0.25) is 5.02 Å². The van der Waals surface area contributed by atoms with E-state index in [0.717, 1.165) is 0 Å². The molecule has 2 aromatic rings. The summed E-state index contributed by atoms with van der Waals surface area (Å²) in [7, 11) is 1.44. The summed E-state index contributed by atoms with van der Waals surface area (Å²) < 4.78 is 4.99. The second-order valence-electron chi connectivity index (χ2n) is 6.15. The first-order chi connectivity index (χ1) is 12.4. The lowest BCUT2D eigenvalue weighted by molar-refractivity contribution is -0.121. The van der Waals surface area contributed by atoms with Crippen LogP contribution >= 0.6 is 11.6 Å². The van der Waals surface area contributed by atoms with E-state index in [9.17, 15) is 14.7 Å². The molecular weight excluding hydrogens is 356 g/mol. The minimum Gasteiger partial charge on any atom is -0.504 e. The molecule has 6 nitrogen and oxygen atoms in total. The van der Waals surface area contributed by atoms with Gasteiger partial charge in [-0.05, 0) is 43.3 Å². The molecule has 0 radical (unpaired) electrons. The largest absolute Gasteiger partial charge is 0.504 e. The molecule has 1 saturated heterocycles. The van der Waals surface area contributed by atoms with Crippen molar-refractivity contribution in [1.82, 2.24) is 4.90 Å². The minimum atomic E-state index is -0.311. The van der Waals surface area contributed by atoms with Gasteiger partial charge in [-0.2, -0.15) is 0 Å². The number of rotatable bonds is 3. The van der Waals surface area contributed by atoms with Crippen molar-refractivity contribution in [2.45, 2.75) is 13.0 Å². The second kappa shape index (κ2) is 7.25. The first-order valence-corrected chi connectivity index (χ1v) is 8.52. The fourth-order valence-electron chi connectivity index (χ4n) is 3.01. The first kappa shape index (κ1) is 18.1. The van der Waals surface area contributed by atoms with E-state index in [-0.39, 0.29) is 35.9 Å². The van der Waals surface area contributed by atoms with Crippen LogP contribution in [0.15, 0.2) is 42.5 Å². The van der Waals surface area contributed by atoms with Gasteiger partial charge in [0.05, 0.1) is 7.11 Å². The highest BCUT2D eigenvalue weighted by atomic mass is 35.5. The maximum Gasteiger partial charge on any atom is 0.254 e. The number of carbonyl (C=O) groups excluding carboxylic acids is 2. The van der Waals surface area contributed by atoms with E-state index in [2.05, 4.69) is 0 Å². The number of phenolic OH excluding ortho intramolecular Hbond substituents is 1. The number of anilines is 1. The monoisotopic (exact) mass is 374 g/mol. The third kappa shape index (κ3) is 3.46. The van der Waals surface area contributed by atoms with Crippen LogP contribution in [-0.4, -0.2) is 48.1 Å². The standard InChI is InChI=1S/C19H19ClN2O4/c1-12-10-22(15-5-3-4-14(20)9-15)18(24)11-21(12)19(25)13-6-7-17(26-2)16(23)8-13/h3-9,12,23H,10-11H2,1-2H3. The Balaban J connectivity index is 1.80. The maximum atomic E-state index is 12.8. The van der Waals surface area contributed by atoms with Gasteiger partial charge in [-0.15, -0.1) is 0 Å². The Labute approximate surface area is 156 Å². The molecule has 26 heavy (non-hydrogen) atoms. The van der Waals surface area contributed by atoms with Crippen LogP contribution in [0.4, 0.5) is 5.69 Å². The van der Waals surface area contributed by atoms with E-state index >= 15 is 0 Å². The highest BCUT2D eigenvalue weighted by Gasteiger charge is 2.34. The van der Waals surface area contributed by atoms with Crippen molar-refractivity contribution in [3.63, 3.8) is 0 Å². The predicted molar refractivity (Wildman–Crippen MR) is 99.0 cm³/mol. The fourth-order valence-corrected chi connectivity index (χ4v) is 3.19. The lowest BCUT2D eigenvalue weighted by atomic mass is 10.1. The molecule has 1 heterocycles. The van der Waals surface area contributed by atoms with Gasteiger partial charge in [-0.3, -0.25) is 9.59 Å². The van der Waals surface area contributed by atoms with Gasteiger partial charge in [0.1, 0.15) is 6.54 Å². The molecule has 1 atom stereocenters. The first-order valence-electron chi connectivity index (χ1n) is 8.14. The van der Waals surface area contributed by atoms with Crippen LogP contribution in [0.25, 0.3) is 0 Å². The van der Waals surface area contributed by atoms with Crippen molar-refractivity contribution in [3.05, 3.63) is 53.1 Å². The van der Waals surface area contributed by atoms with Gasteiger partial charge in [0, 0.05) is 28.9 Å². The quantitative estimate of drug-likeness (QED) is 0.896. The van der Waals surface area contributed by atoms with Crippen LogP contribution in [0, 0.1) is 0 Å². The summed E-state index contributed by atoms with van der Waals surface area (Å²) in [6.45, 7) is 2.21. The summed E-state index contributed by atoms with van der Waals surface area (Å²) in [5.74, 6) is -0.322. The molecule has 136 valence electrons. The summed E-state index contributed by atoms with van der Waals surface area (Å²) in [4.78, 5) is 28.5. The zero-order valence-electron chi connectivity index (χ0n) is 14.5. The predicted octanol–water partition coefficient (Wildman–Crippen LogP) is 2.93. The van der Waals surface area contributed by atoms with E-state index in [1.165, 1.54) is 24.1 Å². The Kier molecular flexibility index (Phi) is 5.04. The molecule has 0 spiro atoms. The summed E-state index contributed by atoms with van der Waals surface area (Å²) in [6, 6.07) is 11.3. The summed E-state index contributed by atoms with van der Waals surface area (Å²) in [5.41, 5.74) is 1.02. The van der Waals surface area contributed by atoms with Gasteiger partial charge in [0.25, 0.3) is 5.91 Å². The van der Waals surface area contributed by atoms with Crippen molar-refractivity contribution in [2.75, 3.05) is 25.1 Å². The van der Waals surface area contributed by atoms with Gasteiger partial charge in [0.15, 0.2) is 11.5 Å². The number of halogens is 1. The van der Waals surface area contributed by atoms with Gasteiger partial charge in [0.2, 0.25) is 5.91 Å². The number of hydrogen-bond acceptors (Lipinski definition) is 4. The van der Waals surface area contributed by atoms with Crippen molar-refractivity contribution < 1.29 is 19.4 Å². The molecule has 3 rings (SSSR count). The maximum absolute atomic E-state index is 12.8. The van der Waals surface area contributed by atoms with E-state index in [1.807, 2.05) is 13.0 Å². The number of methoxy groups -OCH3 is 1. The Bertz CT molecular complexity index is 855. The highest BCUT2D eigenvalue weighted by Crippen LogP contribution is 2.28. The molecule has 0 aliphatic carbocycles. The fraction of sp³-hybridized carbons (Fsp3) is 0.263. The zero-order valence-corrected chi connectivity index (χ0v) is 15.2. The molecule has 1 aliphatic heterocycles. The number of amides is 2. The van der Waals surface area contributed by atoms with Gasteiger partial charge in [-0.25, -0.2) is 0 Å². The molecule has 0 aromatic heterocycles. The van der Waals surface area contributed by atoms with Crippen LogP contribution in [0.5, 0.6) is 11.5 Å². The van der Waals surface area contributed by atoms with Crippen LogP contribution in [0.1, 0.15) is 17.3 Å². The van der Waals surface area contributed by atoms with Gasteiger partial charge >= 0.3 is 0 Å². The Morgan fingerprint density at radius 1 is 1.27 bits per heavy atom. The average Bonchev–Trinajstić information content (AvgIpc) is 2.62. The van der Waals surface area contributed by atoms with E-state index in [0.29, 0.717) is 22.8 Å². The number of phenols is 1. The minimum absolute atomic E-state index is 0.0424. The normalized spacial score (nSPS) is 17.3. The number of carbonyl (C=O) groups is 2. The Morgan fingerprint density at radius 2 is 2.04 bits per heavy atom. The summed E-state index contributed by atoms with van der Waals surface area (Å²) >= 11 is 6.01. The van der Waals surface area contributed by atoms with Crippen LogP contribution in [-0.2, 0) is 4.79 Å². The molecule has 0 saturated carbocycles. The molecule has 0 bridgehead atoms. The van der Waals surface area contributed by atoms with Crippen LogP contribution in [0.3, 0.4) is 0 Å². The van der Waals surface area contributed by atoms with E-state index in [1.54, 1.807) is 29.2 Å². The lowest BCUT2D eigenvalue weighted by Crippen LogP contribution is -2.57. The number of aromatic hydroxyl groups is 1. The topological polar surface area (TPSA) is 70.1 Å². The van der Waals surface area contributed by atoms with Crippen molar-refractivity contribution >= 4 is 29.1 Å². The molecular formula is C19H19ClN2O4. The molecule has 1 aliphatic rings. The Morgan fingerprint density at radius 3 is 2.69 bits per heavy atom. The third-order valence-corrected chi connectivity index (χ3v) is 4.63. The SMILES string of the molecule is COc1ccc(C(=O)N2CC(=O)N(c3cccc(Cl)c3)CC2C)cc1O. The molecule has 1 fully saturated rings. The Hall–Kier alpha value is -2.73. The van der Waals surface area contributed by atoms with Crippen molar-refractivity contribution in [3.8, 4) is 11.5 Å². The number of ether oxygens (including phenoxy) is 1. The number of benzene rings is 2. The number of piperazine rings is 1. The van der Waals surface area contributed by atoms with Crippen LogP contribution < -0.4 is 9.64 Å².